The van der Waals surface area contributed by atoms with Gasteiger partial charge in [0.05, 0.1) is 0 Å². The number of rotatable bonds is 7. The second-order valence-corrected chi connectivity index (χ2v) is 6.64. The van der Waals surface area contributed by atoms with Crippen LogP contribution >= 0.6 is 12.4 Å². The zero-order valence-corrected chi connectivity index (χ0v) is 15.2. The van der Waals surface area contributed by atoms with Crippen molar-refractivity contribution < 1.29 is 4.79 Å². The van der Waals surface area contributed by atoms with Gasteiger partial charge in [-0.05, 0) is 37.3 Å². The highest BCUT2D eigenvalue weighted by atomic mass is 35.5. The van der Waals surface area contributed by atoms with E-state index < -0.39 is 0 Å². The van der Waals surface area contributed by atoms with Crippen LogP contribution in [0.2, 0.25) is 0 Å². The van der Waals surface area contributed by atoms with E-state index in [0.717, 1.165) is 6.42 Å². The molecule has 4 heteroatoms. The minimum atomic E-state index is -0.370. The lowest BCUT2D eigenvalue weighted by Crippen LogP contribution is -2.49. The molecule has 1 amide bonds. The number of carbonyl (C=O) groups excluding carboxylic acids is 1. The molecule has 0 aliphatic rings. The molecule has 130 valence electrons. The zero-order valence-electron chi connectivity index (χ0n) is 14.4. The highest BCUT2D eigenvalue weighted by Crippen LogP contribution is 2.24. The molecule has 0 aliphatic heterocycles. The molecule has 0 aliphatic carbocycles. The lowest BCUT2D eigenvalue weighted by atomic mass is 9.88. The van der Waals surface area contributed by atoms with E-state index in [1.807, 2.05) is 50.2 Å². The third kappa shape index (κ3) is 6.34. The number of nitrogens with one attached hydrogen (secondary N) is 1. The van der Waals surface area contributed by atoms with Crippen LogP contribution in [-0.2, 0) is 11.2 Å². The van der Waals surface area contributed by atoms with Gasteiger partial charge in [0.1, 0.15) is 0 Å². The molecule has 24 heavy (non-hydrogen) atoms. The number of nitrogens with two attached hydrogens (primary N) is 1. The van der Waals surface area contributed by atoms with Gasteiger partial charge in [-0.2, -0.15) is 0 Å². The molecule has 3 nitrogen and oxygen atoms in total. The number of hydrogen-bond donors (Lipinski definition) is 2. The van der Waals surface area contributed by atoms with Gasteiger partial charge < -0.3 is 11.1 Å². The van der Waals surface area contributed by atoms with Crippen LogP contribution in [0.4, 0.5) is 0 Å². The molecule has 3 N–H and O–H groups in total. The van der Waals surface area contributed by atoms with Crippen LogP contribution in [0.3, 0.4) is 0 Å². The van der Waals surface area contributed by atoms with Crippen LogP contribution in [0.25, 0.3) is 0 Å². The summed E-state index contributed by atoms with van der Waals surface area (Å²) >= 11 is 0. The van der Waals surface area contributed by atoms with E-state index in [0.29, 0.717) is 13.0 Å². The molecule has 2 aromatic carbocycles. The van der Waals surface area contributed by atoms with Crippen molar-refractivity contribution in [2.45, 2.75) is 38.1 Å². The number of carbonyl (C=O) groups is 1. The first kappa shape index (κ1) is 20.2. The molecular weight excluding hydrogens is 320 g/mol. The van der Waals surface area contributed by atoms with Gasteiger partial charge in [-0.25, -0.2) is 0 Å². The van der Waals surface area contributed by atoms with Crippen molar-refractivity contribution in [2.24, 2.45) is 5.73 Å². The molecule has 0 bridgehead atoms. The van der Waals surface area contributed by atoms with E-state index in [1.54, 1.807) is 0 Å². The van der Waals surface area contributed by atoms with E-state index in [9.17, 15) is 4.79 Å². The zero-order chi connectivity index (χ0) is 16.7. The monoisotopic (exact) mass is 346 g/mol. The summed E-state index contributed by atoms with van der Waals surface area (Å²) in [4.78, 5) is 12.4. The number of amides is 1. The fourth-order valence-corrected chi connectivity index (χ4v) is 2.63. The molecule has 0 radical (unpaired) electrons. The van der Waals surface area contributed by atoms with Gasteiger partial charge >= 0.3 is 0 Å². The smallest absolute Gasteiger partial charge is 0.221 e. The van der Waals surface area contributed by atoms with Crippen molar-refractivity contribution in [2.75, 3.05) is 6.54 Å². The van der Waals surface area contributed by atoms with E-state index in [4.69, 9.17) is 5.73 Å². The maximum absolute atomic E-state index is 12.4. The minimum Gasteiger partial charge on any atom is -0.350 e. The summed E-state index contributed by atoms with van der Waals surface area (Å²) in [5, 5.41) is 3.03. The first-order valence-corrected chi connectivity index (χ1v) is 8.10. The molecule has 0 spiro atoms. The summed E-state index contributed by atoms with van der Waals surface area (Å²) in [6.45, 7) is 4.31. The van der Waals surface area contributed by atoms with Crippen molar-refractivity contribution in [3.8, 4) is 0 Å². The highest BCUT2D eigenvalue weighted by Gasteiger charge is 2.22. The standard InChI is InChI=1S/C20H26N2O.ClH/c1-20(2,15-21)22-19(23)14-18(17-11-7-4-8-12-17)13-16-9-5-3-6-10-16;/h3-12,18H,13-15,21H2,1-2H3,(H,22,23);1H. The Labute approximate surface area is 151 Å². The lowest BCUT2D eigenvalue weighted by molar-refractivity contribution is -0.123. The average Bonchev–Trinajstić information content (AvgIpc) is 2.55. The topological polar surface area (TPSA) is 55.1 Å². The normalized spacial score (nSPS) is 12.1. The number of halogens is 1. The Morgan fingerprint density at radius 3 is 2.12 bits per heavy atom. The second-order valence-electron chi connectivity index (χ2n) is 6.64. The molecule has 0 aromatic heterocycles. The molecular formula is C20H27ClN2O. The predicted octanol–water partition coefficient (Wildman–Crippen LogP) is 3.68. The average molecular weight is 347 g/mol. The summed E-state index contributed by atoms with van der Waals surface area (Å²) in [5.41, 5.74) is 7.77. The largest absolute Gasteiger partial charge is 0.350 e. The third-order valence-corrected chi connectivity index (χ3v) is 4.02. The van der Waals surface area contributed by atoms with Crippen molar-refractivity contribution in [1.82, 2.24) is 5.32 Å². The molecule has 2 aromatic rings. The molecule has 0 fully saturated rings. The summed E-state index contributed by atoms with van der Waals surface area (Å²) in [6.07, 6.45) is 1.31. The van der Waals surface area contributed by atoms with Crippen LogP contribution in [0.1, 0.15) is 37.3 Å². The minimum absolute atomic E-state index is 0. The van der Waals surface area contributed by atoms with Gasteiger partial charge in [0.25, 0.3) is 0 Å². The Hall–Kier alpha value is -1.84. The van der Waals surface area contributed by atoms with Crippen molar-refractivity contribution >= 4 is 18.3 Å². The molecule has 0 saturated carbocycles. The Bertz CT molecular complexity index is 614. The first-order chi connectivity index (χ1) is 11.0. The summed E-state index contributed by atoms with van der Waals surface area (Å²) < 4.78 is 0. The van der Waals surface area contributed by atoms with Gasteiger partial charge in [0.2, 0.25) is 5.91 Å². The summed E-state index contributed by atoms with van der Waals surface area (Å²) in [7, 11) is 0. The summed E-state index contributed by atoms with van der Waals surface area (Å²) in [5.74, 6) is 0.206. The molecule has 2 rings (SSSR count). The van der Waals surface area contributed by atoms with E-state index in [2.05, 4.69) is 29.6 Å². The van der Waals surface area contributed by atoms with E-state index in [-0.39, 0.29) is 29.8 Å². The maximum Gasteiger partial charge on any atom is 0.221 e. The molecule has 0 saturated heterocycles. The van der Waals surface area contributed by atoms with Crippen LogP contribution in [0.5, 0.6) is 0 Å². The van der Waals surface area contributed by atoms with Crippen molar-refractivity contribution in [3.63, 3.8) is 0 Å². The Morgan fingerprint density at radius 2 is 1.58 bits per heavy atom. The molecule has 1 atom stereocenters. The molecule has 0 heterocycles. The van der Waals surface area contributed by atoms with Crippen LogP contribution < -0.4 is 11.1 Å². The van der Waals surface area contributed by atoms with E-state index in [1.165, 1.54) is 11.1 Å². The number of hydrogen-bond acceptors (Lipinski definition) is 2. The molecule has 1 unspecified atom stereocenters. The van der Waals surface area contributed by atoms with Crippen LogP contribution in [0.15, 0.2) is 60.7 Å². The van der Waals surface area contributed by atoms with Crippen molar-refractivity contribution in [1.29, 1.82) is 0 Å². The van der Waals surface area contributed by atoms with Crippen LogP contribution in [0, 0.1) is 0 Å². The predicted molar refractivity (Wildman–Crippen MR) is 102 cm³/mol. The van der Waals surface area contributed by atoms with Gasteiger partial charge in [0, 0.05) is 18.5 Å². The Kier molecular flexibility index (Phi) is 7.96. The maximum atomic E-state index is 12.4. The first-order valence-electron chi connectivity index (χ1n) is 8.10. The third-order valence-electron chi connectivity index (χ3n) is 4.02. The van der Waals surface area contributed by atoms with Crippen LogP contribution in [-0.4, -0.2) is 18.0 Å². The Balaban J connectivity index is 0.00000288. The SMILES string of the molecule is CC(C)(CN)NC(=O)CC(Cc1ccccc1)c1ccccc1.Cl. The quantitative estimate of drug-likeness (QED) is 0.803. The summed E-state index contributed by atoms with van der Waals surface area (Å²) in [6, 6.07) is 20.5. The van der Waals surface area contributed by atoms with Gasteiger partial charge in [-0.1, -0.05) is 60.7 Å². The van der Waals surface area contributed by atoms with Crippen molar-refractivity contribution in [3.05, 3.63) is 71.8 Å². The fraction of sp³-hybridized carbons (Fsp3) is 0.350. The lowest BCUT2D eigenvalue weighted by Gasteiger charge is -2.26. The van der Waals surface area contributed by atoms with Gasteiger partial charge in [-0.3, -0.25) is 4.79 Å². The fourth-order valence-electron chi connectivity index (χ4n) is 2.63. The van der Waals surface area contributed by atoms with E-state index >= 15 is 0 Å². The second kappa shape index (κ2) is 9.45. The van der Waals surface area contributed by atoms with Gasteiger partial charge in [-0.15, -0.1) is 12.4 Å². The number of benzene rings is 2. The Morgan fingerprint density at radius 1 is 1.04 bits per heavy atom. The highest BCUT2D eigenvalue weighted by molar-refractivity contribution is 5.85. The van der Waals surface area contributed by atoms with Gasteiger partial charge in [0.15, 0.2) is 0 Å².